The molecule has 0 aromatic heterocycles. The van der Waals surface area contributed by atoms with Gasteiger partial charge in [0.25, 0.3) is 5.91 Å². The van der Waals surface area contributed by atoms with Crippen molar-refractivity contribution in [2.45, 2.75) is 28.5 Å². The van der Waals surface area contributed by atoms with Crippen molar-refractivity contribution in [3.63, 3.8) is 0 Å². The Morgan fingerprint density at radius 3 is 2.27 bits per heavy atom. The van der Waals surface area contributed by atoms with Crippen LogP contribution in [0.5, 0.6) is 0 Å². The van der Waals surface area contributed by atoms with Crippen molar-refractivity contribution in [2.24, 2.45) is 0 Å². The highest BCUT2D eigenvalue weighted by Crippen LogP contribution is 2.32. The molecule has 0 aliphatic rings. The number of nitrogens with one attached hydrogen (secondary N) is 1. The second-order valence-corrected chi connectivity index (χ2v) is 6.81. The molecule has 0 radical (unpaired) electrons. The molecule has 2 N–H and O–H groups in total. The van der Waals surface area contributed by atoms with Crippen molar-refractivity contribution in [1.29, 1.82) is 0 Å². The molecule has 26 heavy (non-hydrogen) atoms. The maximum absolute atomic E-state index is 14.1. The highest BCUT2D eigenvalue weighted by atomic mass is 32.2. The molecule has 0 aliphatic carbocycles. The maximum Gasteiger partial charge on any atom is 0.426 e. The topological polar surface area (TPSA) is 72.4 Å². The van der Waals surface area contributed by atoms with E-state index in [0.29, 0.717) is 6.07 Å². The van der Waals surface area contributed by atoms with E-state index in [9.17, 15) is 36.4 Å². The van der Waals surface area contributed by atoms with Gasteiger partial charge in [-0.3, -0.25) is 4.79 Å². The summed E-state index contributed by atoms with van der Waals surface area (Å²) in [6.45, 7) is 0.224. The Balaban J connectivity index is 2.25. The summed E-state index contributed by atoms with van der Waals surface area (Å²) in [7, 11) is 0. The smallest absolute Gasteiger partial charge is 0.426 e. The lowest BCUT2D eigenvalue weighted by Gasteiger charge is -2.25. The number of benzene rings is 2. The summed E-state index contributed by atoms with van der Waals surface area (Å²) >= 11 is -2.08. The number of anilines is 1. The fraction of sp³-hybridized carbons (Fsp3) is 0.188. The highest BCUT2D eigenvalue weighted by molar-refractivity contribution is 7.91. The maximum atomic E-state index is 14.1. The number of rotatable bonds is 4. The summed E-state index contributed by atoms with van der Waals surface area (Å²) in [6, 6.07) is 7.73. The zero-order valence-electron chi connectivity index (χ0n) is 13.1. The Kier molecular flexibility index (Phi) is 5.59. The molecule has 0 bridgehead atoms. The van der Waals surface area contributed by atoms with Gasteiger partial charge in [0, 0.05) is 17.2 Å². The van der Waals surface area contributed by atoms with Gasteiger partial charge in [-0.15, -0.1) is 0 Å². The van der Waals surface area contributed by atoms with E-state index in [-0.39, 0.29) is 16.7 Å². The Bertz CT molecular complexity index is 826. The molecular weight excluding hydrogens is 381 g/mol. The van der Waals surface area contributed by atoms with Gasteiger partial charge >= 0.3 is 6.18 Å². The number of amides is 1. The van der Waals surface area contributed by atoms with Gasteiger partial charge in [0.15, 0.2) is 21.4 Å². The first kappa shape index (κ1) is 20.1. The van der Waals surface area contributed by atoms with Gasteiger partial charge in [0.05, 0.1) is 5.69 Å². The summed E-state index contributed by atoms with van der Waals surface area (Å²) in [5.74, 6) is -3.85. The first-order chi connectivity index (χ1) is 11.9. The zero-order chi connectivity index (χ0) is 19.7. The first-order valence-corrected chi connectivity index (χ1v) is 8.16. The molecule has 0 saturated carbocycles. The summed E-state index contributed by atoms with van der Waals surface area (Å²) < 4.78 is 77.8. The molecule has 2 aromatic carbocycles. The van der Waals surface area contributed by atoms with E-state index in [2.05, 4.69) is 0 Å². The highest BCUT2D eigenvalue weighted by Gasteiger charge is 2.55. The van der Waals surface area contributed by atoms with Crippen LogP contribution in [0.4, 0.5) is 27.6 Å². The zero-order valence-corrected chi connectivity index (χ0v) is 13.9. The van der Waals surface area contributed by atoms with E-state index in [1.54, 1.807) is 5.32 Å². The molecule has 0 fully saturated rings. The Hall–Kier alpha value is -2.17. The summed E-state index contributed by atoms with van der Waals surface area (Å²) in [4.78, 5) is 11.2. The van der Waals surface area contributed by atoms with Crippen LogP contribution >= 0.6 is 0 Å². The fourth-order valence-corrected chi connectivity index (χ4v) is 2.91. The molecule has 2 aromatic rings. The van der Waals surface area contributed by atoms with E-state index < -0.39 is 46.2 Å². The average Bonchev–Trinajstić information content (AvgIpc) is 2.55. The third kappa shape index (κ3) is 3.97. The lowest BCUT2D eigenvalue weighted by atomic mass is 10.1. The van der Waals surface area contributed by atoms with E-state index >= 15 is 0 Å². The number of alkyl halides is 3. The lowest BCUT2D eigenvalue weighted by molar-refractivity contribution is -0.242. The molecule has 4 nitrogen and oxygen atoms in total. The van der Waals surface area contributed by atoms with E-state index in [1.165, 1.54) is 18.2 Å². The standard InChI is InChI=1S/C16H12F5NO3S/c1-15(24,16(19,20)21)14(23)22-12-7-6-9(8-11(12)18)26(25)13-5-3-2-4-10(13)17/h2-8,24H,1H3,(H,22,23)/t15-,26?/m1/s1. The molecule has 1 unspecified atom stereocenters. The van der Waals surface area contributed by atoms with Gasteiger partial charge in [0.2, 0.25) is 5.60 Å². The molecule has 10 heteroatoms. The Morgan fingerprint density at radius 1 is 1.12 bits per heavy atom. The van der Waals surface area contributed by atoms with Crippen LogP contribution in [0.2, 0.25) is 0 Å². The average molecular weight is 393 g/mol. The minimum absolute atomic E-state index is 0.159. The largest absolute Gasteiger partial charge is 0.606 e. The normalized spacial score (nSPS) is 15.2. The van der Waals surface area contributed by atoms with Gasteiger partial charge in [-0.1, -0.05) is 12.1 Å². The molecule has 2 rings (SSSR count). The predicted molar refractivity (Wildman–Crippen MR) is 82.8 cm³/mol. The lowest BCUT2D eigenvalue weighted by Crippen LogP contribution is -2.52. The van der Waals surface area contributed by atoms with Crippen LogP contribution in [0.3, 0.4) is 0 Å². The number of hydrogen-bond donors (Lipinski definition) is 2. The molecule has 1 amide bonds. The van der Waals surface area contributed by atoms with E-state index in [0.717, 1.165) is 18.2 Å². The summed E-state index contributed by atoms with van der Waals surface area (Å²) in [5, 5.41) is 10.9. The number of aliphatic hydroxyl groups is 1. The fourth-order valence-electron chi connectivity index (χ4n) is 1.81. The molecule has 0 aliphatic heterocycles. The second kappa shape index (κ2) is 7.22. The SMILES string of the molecule is C[C@@](O)(C(=O)Nc1ccc([S+]([O-])c2ccccc2F)cc1F)C(F)(F)F. The second-order valence-electron chi connectivity index (χ2n) is 5.36. The van der Waals surface area contributed by atoms with E-state index in [4.69, 9.17) is 0 Å². The van der Waals surface area contributed by atoms with Crippen LogP contribution in [-0.4, -0.2) is 27.3 Å². The van der Waals surface area contributed by atoms with Gasteiger partial charge in [0.1, 0.15) is 0 Å². The number of hydrogen-bond acceptors (Lipinski definition) is 3. The number of carbonyl (C=O) groups excluding carboxylic acids is 1. The van der Waals surface area contributed by atoms with Crippen LogP contribution in [-0.2, 0) is 16.0 Å². The molecule has 0 heterocycles. The third-order valence-electron chi connectivity index (χ3n) is 3.43. The minimum Gasteiger partial charge on any atom is -0.606 e. The van der Waals surface area contributed by atoms with Crippen LogP contribution in [0, 0.1) is 11.6 Å². The Morgan fingerprint density at radius 2 is 1.73 bits per heavy atom. The monoisotopic (exact) mass is 393 g/mol. The van der Waals surface area contributed by atoms with Gasteiger partial charge in [-0.05, 0) is 31.2 Å². The minimum atomic E-state index is -5.26. The van der Waals surface area contributed by atoms with Crippen molar-refractivity contribution >= 4 is 22.8 Å². The number of carbonyl (C=O) groups is 1. The van der Waals surface area contributed by atoms with Crippen LogP contribution in [0.15, 0.2) is 52.3 Å². The van der Waals surface area contributed by atoms with E-state index in [1.807, 2.05) is 0 Å². The first-order valence-electron chi connectivity index (χ1n) is 7.01. The molecule has 0 saturated heterocycles. The summed E-state index contributed by atoms with van der Waals surface area (Å²) in [5.41, 5.74) is -4.39. The number of halogens is 5. The predicted octanol–water partition coefficient (Wildman–Crippen LogP) is 3.38. The van der Waals surface area contributed by atoms with Crippen LogP contribution < -0.4 is 5.32 Å². The Labute approximate surface area is 147 Å². The van der Waals surface area contributed by atoms with Gasteiger partial charge in [-0.25, -0.2) is 8.78 Å². The summed E-state index contributed by atoms with van der Waals surface area (Å²) in [6.07, 6.45) is -5.26. The van der Waals surface area contributed by atoms with Crippen molar-refractivity contribution in [1.82, 2.24) is 0 Å². The van der Waals surface area contributed by atoms with Gasteiger partial charge in [-0.2, -0.15) is 13.2 Å². The van der Waals surface area contributed by atoms with Crippen LogP contribution in [0.1, 0.15) is 6.92 Å². The molecular formula is C16H12F5NO3S. The molecule has 140 valence electrons. The van der Waals surface area contributed by atoms with Crippen molar-refractivity contribution in [3.8, 4) is 0 Å². The van der Waals surface area contributed by atoms with Crippen molar-refractivity contribution in [3.05, 3.63) is 54.1 Å². The quantitative estimate of drug-likeness (QED) is 0.618. The van der Waals surface area contributed by atoms with Gasteiger partial charge < -0.3 is 15.0 Å². The van der Waals surface area contributed by atoms with Crippen molar-refractivity contribution < 1.29 is 36.4 Å². The van der Waals surface area contributed by atoms with Crippen molar-refractivity contribution in [2.75, 3.05) is 5.32 Å². The molecule has 2 atom stereocenters. The molecule has 0 spiro atoms. The van der Waals surface area contributed by atoms with Crippen LogP contribution in [0.25, 0.3) is 0 Å². The third-order valence-corrected chi connectivity index (χ3v) is 4.85.